The lowest BCUT2D eigenvalue weighted by molar-refractivity contribution is 0.198. The molecule has 0 atom stereocenters. The van der Waals surface area contributed by atoms with Gasteiger partial charge in [0.05, 0.1) is 13.2 Å². The summed E-state index contributed by atoms with van der Waals surface area (Å²) in [5, 5.41) is 6.94. The highest BCUT2D eigenvalue weighted by Crippen LogP contribution is 2.34. The molecule has 2 fully saturated rings. The Kier molecular flexibility index (Phi) is 7.83. The van der Waals surface area contributed by atoms with E-state index in [0.717, 1.165) is 42.4 Å². The van der Waals surface area contributed by atoms with E-state index in [1.54, 1.807) is 7.11 Å². The van der Waals surface area contributed by atoms with Crippen LogP contribution in [0.25, 0.3) is 0 Å². The van der Waals surface area contributed by atoms with Gasteiger partial charge in [-0.1, -0.05) is 12.1 Å². The molecule has 0 bridgehead atoms. The first-order chi connectivity index (χ1) is 13.7. The first-order valence-corrected chi connectivity index (χ1v) is 10.6. The van der Waals surface area contributed by atoms with Crippen LogP contribution in [0.5, 0.6) is 11.5 Å². The predicted molar refractivity (Wildman–Crippen MR) is 114 cm³/mol. The van der Waals surface area contributed by atoms with Gasteiger partial charge in [0.2, 0.25) is 0 Å². The standard InChI is InChI=1S/C22H36N4O2/c1-23-22(24-15-17-11-13-26(2)14-12-17)25-16-18-7-6-10-20(27-3)21(18)28-19-8-4-5-9-19/h6-7,10,17,19H,4-5,8-9,11-16H2,1-3H3,(H2,23,24,25). The third-order valence-electron chi connectivity index (χ3n) is 5.93. The number of likely N-dealkylation sites (tertiary alicyclic amines) is 1. The average molecular weight is 389 g/mol. The lowest BCUT2D eigenvalue weighted by Gasteiger charge is -2.29. The van der Waals surface area contributed by atoms with Gasteiger partial charge >= 0.3 is 0 Å². The molecule has 1 aliphatic heterocycles. The van der Waals surface area contributed by atoms with Gasteiger partial charge in [-0.25, -0.2) is 0 Å². The van der Waals surface area contributed by atoms with Crippen molar-refractivity contribution in [1.82, 2.24) is 15.5 Å². The van der Waals surface area contributed by atoms with E-state index in [9.17, 15) is 0 Å². The second-order valence-corrected chi connectivity index (χ2v) is 8.03. The van der Waals surface area contributed by atoms with Crippen molar-refractivity contribution in [2.24, 2.45) is 10.9 Å². The summed E-state index contributed by atoms with van der Waals surface area (Å²) < 4.78 is 11.9. The Hall–Kier alpha value is -1.95. The Bertz CT molecular complexity index is 635. The molecule has 6 heteroatoms. The Morgan fingerprint density at radius 1 is 1.14 bits per heavy atom. The maximum Gasteiger partial charge on any atom is 0.191 e. The number of piperidine rings is 1. The van der Waals surface area contributed by atoms with E-state index >= 15 is 0 Å². The molecule has 1 saturated carbocycles. The molecule has 28 heavy (non-hydrogen) atoms. The van der Waals surface area contributed by atoms with Crippen LogP contribution in [-0.2, 0) is 6.54 Å². The van der Waals surface area contributed by atoms with Crippen LogP contribution in [-0.4, -0.2) is 57.8 Å². The van der Waals surface area contributed by atoms with Gasteiger partial charge in [-0.15, -0.1) is 0 Å². The molecule has 0 radical (unpaired) electrons. The van der Waals surface area contributed by atoms with Crippen molar-refractivity contribution in [3.05, 3.63) is 23.8 Å². The molecule has 0 spiro atoms. The number of hydrogen-bond acceptors (Lipinski definition) is 4. The zero-order valence-corrected chi connectivity index (χ0v) is 17.7. The maximum atomic E-state index is 6.33. The van der Waals surface area contributed by atoms with Crippen LogP contribution in [0.3, 0.4) is 0 Å². The van der Waals surface area contributed by atoms with Crippen molar-refractivity contribution in [3.8, 4) is 11.5 Å². The summed E-state index contributed by atoms with van der Waals surface area (Å²) in [6, 6.07) is 6.09. The van der Waals surface area contributed by atoms with Gasteiger partial charge in [-0.05, 0) is 70.6 Å². The second kappa shape index (κ2) is 10.6. The van der Waals surface area contributed by atoms with Crippen molar-refractivity contribution >= 4 is 5.96 Å². The highest BCUT2D eigenvalue weighted by Gasteiger charge is 2.21. The number of nitrogens with one attached hydrogen (secondary N) is 2. The molecule has 1 saturated heterocycles. The smallest absolute Gasteiger partial charge is 0.191 e. The lowest BCUT2D eigenvalue weighted by Crippen LogP contribution is -2.42. The van der Waals surface area contributed by atoms with Gasteiger partial charge in [-0.3, -0.25) is 4.99 Å². The molecule has 2 N–H and O–H groups in total. The van der Waals surface area contributed by atoms with E-state index < -0.39 is 0 Å². The van der Waals surface area contributed by atoms with E-state index in [4.69, 9.17) is 9.47 Å². The van der Waals surface area contributed by atoms with Gasteiger partial charge in [0.25, 0.3) is 0 Å². The molecule has 0 unspecified atom stereocenters. The molecule has 0 aromatic heterocycles. The quantitative estimate of drug-likeness (QED) is 0.555. The molecule has 2 aliphatic rings. The molecule has 3 rings (SSSR count). The number of hydrogen-bond donors (Lipinski definition) is 2. The Labute approximate surface area is 169 Å². The fraction of sp³-hybridized carbons (Fsp3) is 0.682. The SMILES string of the molecule is CN=C(NCc1cccc(OC)c1OC1CCCC1)NCC1CCN(C)CC1. The van der Waals surface area contributed by atoms with Crippen LogP contribution in [0.1, 0.15) is 44.1 Å². The van der Waals surface area contributed by atoms with Gasteiger partial charge in [0.1, 0.15) is 0 Å². The molecular weight excluding hydrogens is 352 g/mol. The van der Waals surface area contributed by atoms with Crippen LogP contribution in [0.4, 0.5) is 0 Å². The number of para-hydroxylation sites is 1. The fourth-order valence-electron chi connectivity index (χ4n) is 4.07. The van der Waals surface area contributed by atoms with Crippen LogP contribution < -0.4 is 20.1 Å². The highest BCUT2D eigenvalue weighted by atomic mass is 16.5. The Balaban J connectivity index is 1.56. The summed E-state index contributed by atoms with van der Waals surface area (Å²) in [6.07, 6.45) is 7.56. The van der Waals surface area contributed by atoms with Crippen molar-refractivity contribution < 1.29 is 9.47 Å². The molecule has 156 valence electrons. The Morgan fingerprint density at radius 3 is 2.57 bits per heavy atom. The normalized spacial score (nSPS) is 19.6. The third-order valence-corrected chi connectivity index (χ3v) is 5.93. The average Bonchev–Trinajstić information content (AvgIpc) is 3.23. The fourth-order valence-corrected chi connectivity index (χ4v) is 4.07. The van der Waals surface area contributed by atoms with Gasteiger partial charge in [-0.2, -0.15) is 0 Å². The number of rotatable bonds is 7. The monoisotopic (exact) mass is 388 g/mol. The minimum atomic E-state index is 0.303. The molecule has 1 aromatic rings. The van der Waals surface area contributed by atoms with Gasteiger partial charge in [0, 0.05) is 25.7 Å². The predicted octanol–water partition coefficient (Wildman–Crippen LogP) is 3.02. The number of benzene rings is 1. The van der Waals surface area contributed by atoms with Crippen molar-refractivity contribution in [2.45, 2.75) is 51.2 Å². The third kappa shape index (κ3) is 5.77. The van der Waals surface area contributed by atoms with E-state index in [0.29, 0.717) is 18.6 Å². The van der Waals surface area contributed by atoms with E-state index in [-0.39, 0.29) is 0 Å². The number of aliphatic imine (C=N–C) groups is 1. The van der Waals surface area contributed by atoms with Crippen molar-refractivity contribution in [1.29, 1.82) is 0 Å². The Morgan fingerprint density at radius 2 is 1.89 bits per heavy atom. The molecule has 1 heterocycles. The minimum absolute atomic E-state index is 0.303. The molecule has 1 aromatic carbocycles. The minimum Gasteiger partial charge on any atom is -0.493 e. The highest BCUT2D eigenvalue weighted by molar-refractivity contribution is 5.79. The van der Waals surface area contributed by atoms with E-state index in [2.05, 4.69) is 33.6 Å². The summed E-state index contributed by atoms with van der Waals surface area (Å²) >= 11 is 0. The number of methoxy groups -OCH3 is 1. The van der Waals surface area contributed by atoms with Crippen LogP contribution >= 0.6 is 0 Å². The van der Waals surface area contributed by atoms with Crippen LogP contribution in [0.2, 0.25) is 0 Å². The summed E-state index contributed by atoms with van der Waals surface area (Å²) in [5.41, 5.74) is 1.11. The van der Waals surface area contributed by atoms with Crippen molar-refractivity contribution in [2.75, 3.05) is 40.8 Å². The largest absolute Gasteiger partial charge is 0.493 e. The summed E-state index contributed by atoms with van der Waals surface area (Å²) in [7, 11) is 5.73. The zero-order valence-electron chi connectivity index (χ0n) is 17.7. The number of ether oxygens (including phenoxy) is 2. The molecule has 0 amide bonds. The van der Waals surface area contributed by atoms with E-state index in [1.165, 1.54) is 38.8 Å². The lowest BCUT2D eigenvalue weighted by atomic mass is 9.97. The van der Waals surface area contributed by atoms with Crippen LogP contribution in [0.15, 0.2) is 23.2 Å². The molecule has 6 nitrogen and oxygen atoms in total. The van der Waals surface area contributed by atoms with Crippen LogP contribution in [0, 0.1) is 5.92 Å². The molecule has 1 aliphatic carbocycles. The first kappa shape index (κ1) is 20.8. The molecular formula is C22H36N4O2. The van der Waals surface area contributed by atoms with Crippen molar-refractivity contribution in [3.63, 3.8) is 0 Å². The second-order valence-electron chi connectivity index (χ2n) is 8.03. The summed E-state index contributed by atoms with van der Waals surface area (Å²) in [6.45, 7) is 4.00. The first-order valence-electron chi connectivity index (χ1n) is 10.6. The number of guanidine groups is 1. The topological polar surface area (TPSA) is 58.1 Å². The number of nitrogens with zero attached hydrogens (tertiary/aromatic N) is 2. The summed E-state index contributed by atoms with van der Waals surface area (Å²) in [4.78, 5) is 6.79. The summed E-state index contributed by atoms with van der Waals surface area (Å²) in [5.74, 6) is 3.23. The van der Waals surface area contributed by atoms with Gasteiger partial charge in [0.15, 0.2) is 17.5 Å². The zero-order chi connectivity index (χ0) is 19.8. The van der Waals surface area contributed by atoms with E-state index in [1.807, 2.05) is 19.2 Å². The maximum absolute atomic E-state index is 6.33. The van der Waals surface area contributed by atoms with Gasteiger partial charge < -0.3 is 25.0 Å².